The summed E-state index contributed by atoms with van der Waals surface area (Å²) in [6.07, 6.45) is 0.106. The van der Waals surface area contributed by atoms with Gasteiger partial charge >= 0.3 is 0 Å². The third-order valence-corrected chi connectivity index (χ3v) is 10.8. The minimum absolute atomic E-state index is 0.0370. The van der Waals surface area contributed by atoms with E-state index in [2.05, 4.69) is 68.1 Å². The first-order chi connectivity index (χ1) is 25.6. The highest BCUT2D eigenvalue weighted by molar-refractivity contribution is 7.10. The fraction of sp³-hybridized carbons (Fsp3) is 0.190. The standard InChI is InChI=1S/2C21H20N2O2S/c2*24-18(16-9-5-2-6-10-16)13-22-21-12-19(25-23-21)20-11-17(14-26-20)15-7-3-1-4-8-15/h2*1-11,14,18-19,24H,12-13H2,(H,22,23)/t18-,19+;18-,19-/m11/s1. The monoisotopic (exact) mass is 728 g/mol. The van der Waals surface area contributed by atoms with E-state index in [-0.39, 0.29) is 12.2 Å². The smallest absolute Gasteiger partial charge is 0.127 e. The molecule has 0 unspecified atom stereocenters. The summed E-state index contributed by atoms with van der Waals surface area (Å²) in [7, 11) is 0. The normalized spacial score (nSPS) is 19.4. The lowest BCUT2D eigenvalue weighted by Gasteiger charge is -2.07. The lowest BCUT2D eigenvalue weighted by molar-refractivity contribution is 0.0469. The number of hydroxylamine groups is 2. The Balaban J connectivity index is 0.000000162. The van der Waals surface area contributed by atoms with Crippen molar-refractivity contribution in [3.63, 3.8) is 0 Å². The van der Waals surface area contributed by atoms with Crippen LogP contribution in [0.5, 0.6) is 0 Å². The second kappa shape index (κ2) is 17.5. The summed E-state index contributed by atoms with van der Waals surface area (Å²) < 4.78 is 0. The molecule has 2 aliphatic heterocycles. The molecule has 0 aliphatic carbocycles. The second-order valence-corrected chi connectivity index (χ2v) is 14.3. The molecule has 0 spiro atoms. The SMILES string of the molecule is O[C@H](CN=C1C[C@@H](c2cc(-c3ccccc3)cs2)ON1)c1ccccc1.O[C@H](CN=C1C[C@H](c2cc(-c3ccccc3)cs2)ON1)c1ccccc1. The van der Waals surface area contributed by atoms with Crippen LogP contribution in [0.25, 0.3) is 22.3 Å². The van der Waals surface area contributed by atoms with Crippen molar-refractivity contribution in [2.75, 3.05) is 13.1 Å². The molecule has 4 heterocycles. The Labute approximate surface area is 311 Å². The van der Waals surface area contributed by atoms with Crippen molar-refractivity contribution >= 4 is 34.3 Å². The molecule has 8 nitrogen and oxygen atoms in total. The van der Waals surface area contributed by atoms with E-state index < -0.39 is 12.2 Å². The van der Waals surface area contributed by atoms with Gasteiger partial charge in [-0.05, 0) is 56.3 Å². The number of aliphatic hydroxyl groups excluding tert-OH is 2. The van der Waals surface area contributed by atoms with Gasteiger partial charge in [0.15, 0.2) is 0 Å². The summed E-state index contributed by atoms with van der Waals surface area (Å²) in [5.41, 5.74) is 12.4. The molecule has 2 saturated heterocycles. The van der Waals surface area contributed by atoms with Gasteiger partial charge in [-0.2, -0.15) is 0 Å². The van der Waals surface area contributed by atoms with Crippen LogP contribution < -0.4 is 11.0 Å². The van der Waals surface area contributed by atoms with Crippen LogP contribution in [0.4, 0.5) is 0 Å². The van der Waals surface area contributed by atoms with Gasteiger partial charge in [0.05, 0.1) is 25.3 Å². The average Bonchev–Trinajstić information content (AvgIpc) is 4.05. The van der Waals surface area contributed by atoms with Gasteiger partial charge in [-0.1, -0.05) is 121 Å². The molecule has 0 saturated carbocycles. The van der Waals surface area contributed by atoms with Crippen LogP contribution in [-0.4, -0.2) is 35.0 Å². The molecule has 264 valence electrons. The van der Waals surface area contributed by atoms with E-state index in [1.54, 1.807) is 22.7 Å². The maximum Gasteiger partial charge on any atom is 0.127 e. The second-order valence-electron chi connectivity index (χ2n) is 12.5. The molecule has 0 bridgehead atoms. The van der Waals surface area contributed by atoms with Gasteiger partial charge < -0.3 is 10.2 Å². The number of thiophene rings is 2. The molecule has 6 aromatic rings. The maximum atomic E-state index is 10.2. The predicted molar refractivity (Wildman–Crippen MR) is 210 cm³/mol. The fourth-order valence-electron chi connectivity index (χ4n) is 5.87. The van der Waals surface area contributed by atoms with Crippen LogP contribution in [0.3, 0.4) is 0 Å². The van der Waals surface area contributed by atoms with Crippen LogP contribution in [0.15, 0.2) is 154 Å². The van der Waals surface area contributed by atoms with Crippen LogP contribution in [0.1, 0.15) is 58.1 Å². The number of aliphatic hydroxyl groups is 2. The Morgan fingerprint density at radius 1 is 0.538 bits per heavy atom. The number of nitrogens with zero attached hydrogens (tertiary/aromatic N) is 2. The van der Waals surface area contributed by atoms with E-state index in [1.807, 2.05) is 97.1 Å². The van der Waals surface area contributed by atoms with E-state index in [0.717, 1.165) is 22.8 Å². The molecule has 2 fully saturated rings. The first-order valence-corrected chi connectivity index (χ1v) is 19.0. The number of hydrogen-bond donors (Lipinski definition) is 4. The van der Waals surface area contributed by atoms with Crippen molar-refractivity contribution in [3.8, 4) is 22.3 Å². The minimum Gasteiger partial charge on any atom is -0.386 e. The summed E-state index contributed by atoms with van der Waals surface area (Å²) in [5, 5.41) is 24.7. The lowest BCUT2D eigenvalue weighted by atomic mass is 10.1. The van der Waals surface area contributed by atoms with Crippen molar-refractivity contribution in [3.05, 3.63) is 165 Å². The molecular formula is C42H40N4O4S2. The number of nitrogens with one attached hydrogen (secondary N) is 2. The van der Waals surface area contributed by atoms with Crippen molar-refractivity contribution in [2.45, 2.75) is 37.3 Å². The van der Waals surface area contributed by atoms with E-state index in [9.17, 15) is 10.2 Å². The van der Waals surface area contributed by atoms with Crippen molar-refractivity contribution in [1.82, 2.24) is 11.0 Å². The van der Waals surface area contributed by atoms with Crippen LogP contribution in [0, 0.1) is 0 Å². The molecule has 4 aromatic carbocycles. The molecule has 0 amide bonds. The zero-order valence-corrected chi connectivity index (χ0v) is 30.0. The molecule has 4 N–H and O–H groups in total. The van der Waals surface area contributed by atoms with Crippen LogP contribution in [-0.2, 0) is 9.68 Å². The zero-order chi connectivity index (χ0) is 35.5. The molecule has 52 heavy (non-hydrogen) atoms. The molecule has 8 rings (SSSR count). The summed E-state index contributed by atoms with van der Waals surface area (Å²) in [5.74, 6) is 1.55. The quantitative estimate of drug-likeness (QED) is 0.112. The van der Waals surface area contributed by atoms with Crippen LogP contribution in [0.2, 0.25) is 0 Å². The van der Waals surface area contributed by atoms with Gasteiger partial charge in [0, 0.05) is 22.6 Å². The first kappa shape index (κ1) is 35.5. The van der Waals surface area contributed by atoms with Gasteiger partial charge in [0.2, 0.25) is 0 Å². The third-order valence-electron chi connectivity index (χ3n) is 8.76. The Kier molecular flexibility index (Phi) is 11.9. The maximum absolute atomic E-state index is 10.2. The summed E-state index contributed by atoms with van der Waals surface area (Å²) in [6, 6.07) is 44.2. The summed E-state index contributed by atoms with van der Waals surface area (Å²) in [4.78, 5) is 22.7. The highest BCUT2D eigenvalue weighted by atomic mass is 32.1. The van der Waals surface area contributed by atoms with Gasteiger partial charge in [-0.15, -0.1) is 22.7 Å². The van der Waals surface area contributed by atoms with E-state index in [1.165, 1.54) is 32.0 Å². The third kappa shape index (κ3) is 9.29. The van der Waals surface area contributed by atoms with E-state index in [4.69, 9.17) is 9.68 Å². The zero-order valence-electron chi connectivity index (χ0n) is 28.4. The minimum atomic E-state index is -0.601. The molecule has 10 heteroatoms. The average molecular weight is 729 g/mol. The number of benzene rings is 4. The Morgan fingerprint density at radius 2 is 0.904 bits per heavy atom. The van der Waals surface area contributed by atoms with Crippen LogP contribution >= 0.6 is 22.7 Å². The van der Waals surface area contributed by atoms with Gasteiger partial charge in [-0.3, -0.25) is 30.6 Å². The van der Waals surface area contributed by atoms with Crippen molar-refractivity contribution < 1.29 is 19.9 Å². The van der Waals surface area contributed by atoms with E-state index in [0.29, 0.717) is 25.9 Å². The van der Waals surface area contributed by atoms with E-state index >= 15 is 0 Å². The summed E-state index contributed by atoms with van der Waals surface area (Å²) >= 11 is 3.39. The lowest BCUT2D eigenvalue weighted by Crippen LogP contribution is -2.14. The number of amidine groups is 2. The topological polar surface area (TPSA) is 108 Å². The Hall–Kier alpha value is -4.94. The number of aliphatic imine (C=N–C) groups is 2. The van der Waals surface area contributed by atoms with Gasteiger partial charge in [0.1, 0.15) is 23.9 Å². The Morgan fingerprint density at radius 3 is 1.29 bits per heavy atom. The van der Waals surface area contributed by atoms with Gasteiger partial charge in [-0.25, -0.2) is 0 Å². The van der Waals surface area contributed by atoms with Crippen molar-refractivity contribution in [1.29, 1.82) is 0 Å². The van der Waals surface area contributed by atoms with Crippen molar-refractivity contribution in [2.24, 2.45) is 9.98 Å². The number of rotatable bonds is 10. The highest BCUT2D eigenvalue weighted by Crippen LogP contribution is 2.35. The Bertz CT molecular complexity index is 1900. The highest BCUT2D eigenvalue weighted by Gasteiger charge is 2.26. The molecule has 0 radical (unpaired) electrons. The van der Waals surface area contributed by atoms with Gasteiger partial charge in [0.25, 0.3) is 0 Å². The number of hydrogen-bond acceptors (Lipinski definition) is 8. The molecule has 2 aromatic heterocycles. The largest absolute Gasteiger partial charge is 0.386 e. The fourth-order valence-corrected chi connectivity index (χ4v) is 7.76. The molecule has 2 aliphatic rings. The molecular weight excluding hydrogens is 689 g/mol. The summed E-state index contributed by atoms with van der Waals surface area (Å²) in [6.45, 7) is 0.643. The predicted octanol–water partition coefficient (Wildman–Crippen LogP) is 9.03. The molecule has 4 atom stereocenters. The first-order valence-electron chi connectivity index (χ1n) is 17.2.